The lowest BCUT2D eigenvalue weighted by Crippen LogP contribution is -1.94. The van der Waals surface area contributed by atoms with Gasteiger partial charge in [-0.25, -0.2) is 0 Å². The summed E-state index contributed by atoms with van der Waals surface area (Å²) in [6.07, 6.45) is 4.34. The van der Waals surface area contributed by atoms with Crippen molar-refractivity contribution >= 4 is 38.0 Å². The van der Waals surface area contributed by atoms with E-state index in [1.165, 1.54) is 82.4 Å². The minimum Gasteiger partial charge on any atom is -0.681 e. The van der Waals surface area contributed by atoms with Crippen LogP contribution in [0.4, 0.5) is 0 Å². The molecule has 1 heterocycles. The zero-order valence-electron chi connectivity index (χ0n) is 25.9. The lowest BCUT2D eigenvalue weighted by atomic mass is 9.83. The molecule has 8 rings (SSSR count). The average Bonchev–Trinajstić information content (AvgIpc) is 3.07. The molecule has 0 saturated carbocycles. The van der Waals surface area contributed by atoms with Crippen LogP contribution < -0.4 is 0 Å². The molecule has 0 bridgehead atoms. The molecule has 216 valence electrons. The Hall–Kier alpha value is -5.40. The number of hydrogen-bond donors (Lipinski definition) is 0. The number of fused-ring (bicyclic) bond motifs is 3. The van der Waals surface area contributed by atoms with Crippen molar-refractivity contribution in [1.29, 1.82) is 0 Å². The van der Waals surface area contributed by atoms with E-state index in [2.05, 4.69) is 160 Å². The Bertz CT molecular complexity index is 2260. The molecular formula is C44H34N-. The molecule has 0 amide bonds. The van der Waals surface area contributed by atoms with Crippen LogP contribution >= 0.6 is 0 Å². The largest absolute Gasteiger partial charge is 0.681 e. The Labute approximate surface area is 265 Å². The Balaban J connectivity index is 1.38. The average molecular weight is 577 g/mol. The Kier molecular flexibility index (Phi) is 6.61. The second-order valence-electron chi connectivity index (χ2n) is 12.2. The van der Waals surface area contributed by atoms with Crippen LogP contribution in [0.2, 0.25) is 0 Å². The van der Waals surface area contributed by atoms with Crippen molar-refractivity contribution in [3.05, 3.63) is 167 Å². The molecule has 0 fully saturated rings. The molecule has 1 heteroatoms. The highest BCUT2D eigenvalue weighted by Gasteiger charge is 2.19. The van der Waals surface area contributed by atoms with Crippen LogP contribution in [0.15, 0.2) is 145 Å². The third-order valence-corrected chi connectivity index (χ3v) is 9.38. The predicted octanol–water partition coefficient (Wildman–Crippen LogP) is 12.4. The molecule has 7 aromatic carbocycles. The Morgan fingerprint density at radius 1 is 0.422 bits per heavy atom. The van der Waals surface area contributed by atoms with Crippen LogP contribution in [0.5, 0.6) is 0 Å². The van der Waals surface area contributed by atoms with E-state index in [1.807, 2.05) is 0 Å². The second-order valence-corrected chi connectivity index (χ2v) is 12.2. The van der Waals surface area contributed by atoms with E-state index in [9.17, 15) is 0 Å². The van der Waals surface area contributed by atoms with Gasteiger partial charge in [-0.2, -0.15) is 0 Å². The zero-order valence-corrected chi connectivity index (χ0v) is 25.9. The molecule has 0 saturated heterocycles. The van der Waals surface area contributed by atoms with Crippen LogP contribution in [0.1, 0.15) is 23.6 Å². The molecule has 0 spiro atoms. The van der Waals surface area contributed by atoms with Crippen molar-refractivity contribution in [3.8, 4) is 33.4 Å². The van der Waals surface area contributed by atoms with E-state index in [1.54, 1.807) is 0 Å². The van der Waals surface area contributed by atoms with Crippen LogP contribution in [0.3, 0.4) is 0 Å². The summed E-state index contributed by atoms with van der Waals surface area (Å²) in [5.74, 6) is 0. The summed E-state index contributed by atoms with van der Waals surface area (Å²) >= 11 is 0. The van der Waals surface area contributed by atoms with Gasteiger partial charge < -0.3 is 5.32 Å². The standard InChI is InChI=1S/C44H34N/c1-28-25-26-45-41(27-28)31-19-21-32(22-20-31)43-35-15-6-8-17-37(35)44(38-18-9-7-16-36(38)43)40-24-23-39(33-13-4-5-14-34(33)40)42-29(2)11-10-12-30(42)3/h4-25,27H,26H2,1-3H3/q-1. The van der Waals surface area contributed by atoms with Gasteiger partial charge >= 0.3 is 0 Å². The maximum absolute atomic E-state index is 4.74. The molecule has 45 heavy (non-hydrogen) atoms. The zero-order chi connectivity index (χ0) is 30.5. The topological polar surface area (TPSA) is 14.1 Å². The van der Waals surface area contributed by atoms with E-state index in [4.69, 9.17) is 5.32 Å². The first-order chi connectivity index (χ1) is 22.1. The number of allylic oxidation sites excluding steroid dienone is 2. The summed E-state index contributed by atoms with van der Waals surface area (Å²) in [5, 5.41) is 12.4. The van der Waals surface area contributed by atoms with E-state index in [0.29, 0.717) is 0 Å². The first-order valence-electron chi connectivity index (χ1n) is 15.8. The maximum atomic E-state index is 4.74. The van der Waals surface area contributed by atoms with Gasteiger partial charge in [0.25, 0.3) is 0 Å². The van der Waals surface area contributed by atoms with Gasteiger partial charge in [-0.05, 0) is 103 Å². The fourth-order valence-electron chi connectivity index (χ4n) is 7.29. The van der Waals surface area contributed by atoms with Gasteiger partial charge in [0.2, 0.25) is 0 Å². The van der Waals surface area contributed by atoms with E-state index >= 15 is 0 Å². The Morgan fingerprint density at radius 2 is 0.889 bits per heavy atom. The van der Waals surface area contributed by atoms with E-state index in [-0.39, 0.29) is 0 Å². The summed E-state index contributed by atoms with van der Waals surface area (Å²) in [6.45, 7) is 7.33. The quantitative estimate of drug-likeness (QED) is 0.185. The minimum absolute atomic E-state index is 0.746. The van der Waals surface area contributed by atoms with Crippen molar-refractivity contribution in [3.63, 3.8) is 0 Å². The van der Waals surface area contributed by atoms with Gasteiger partial charge in [-0.1, -0.05) is 145 Å². The van der Waals surface area contributed by atoms with Crippen molar-refractivity contribution in [2.45, 2.75) is 20.8 Å². The molecule has 1 nitrogen and oxygen atoms in total. The third kappa shape index (κ3) is 4.55. The van der Waals surface area contributed by atoms with Crippen LogP contribution in [0.25, 0.3) is 76.7 Å². The van der Waals surface area contributed by atoms with Crippen molar-refractivity contribution in [2.24, 2.45) is 0 Å². The highest BCUT2D eigenvalue weighted by molar-refractivity contribution is 6.24. The highest BCUT2D eigenvalue weighted by Crippen LogP contribution is 2.47. The fraction of sp³-hybridized carbons (Fsp3) is 0.0909. The van der Waals surface area contributed by atoms with Crippen LogP contribution in [0, 0.1) is 13.8 Å². The lowest BCUT2D eigenvalue weighted by molar-refractivity contribution is 1.33. The molecule has 0 N–H and O–H groups in total. The van der Waals surface area contributed by atoms with Gasteiger partial charge in [0.05, 0.1) is 0 Å². The van der Waals surface area contributed by atoms with Crippen LogP contribution in [-0.4, -0.2) is 6.54 Å². The van der Waals surface area contributed by atoms with Gasteiger partial charge in [-0.3, -0.25) is 0 Å². The molecule has 0 atom stereocenters. The molecular weight excluding hydrogens is 542 g/mol. The molecule has 0 unspecified atom stereocenters. The SMILES string of the molecule is CC1=CC[N-]C(c2ccc(-c3c4ccccc4c(-c4ccc(-c5c(C)cccc5C)c5ccccc45)c4ccccc34)cc2)=C1. The van der Waals surface area contributed by atoms with E-state index < -0.39 is 0 Å². The number of nitrogens with zero attached hydrogens (tertiary/aromatic N) is 1. The third-order valence-electron chi connectivity index (χ3n) is 9.38. The second kappa shape index (κ2) is 10.9. The first-order valence-corrected chi connectivity index (χ1v) is 15.8. The summed E-state index contributed by atoms with van der Waals surface area (Å²) in [5.41, 5.74) is 13.8. The summed E-state index contributed by atoms with van der Waals surface area (Å²) in [6, 6.07) is 47.0. The predicted molar refractivity (Wildman–Crippen MR) is 195 cm³/mol. The fourth-order valence-corrected chi connectivity index (χ4v) is 7.29. The molecule has 0 aliphatic carbocycles. The van der Waals surface area contributed by atoms with Gasteiger partial charge in [0, 0.05) is 0 Å². The van der Waals surface area contributed by atoms with Gasteiger partial charge in [0.15, 0.2) is 0 Å². The number of benzene rings is 7. The molecule has 0 radical (unpaired) electrons. The van der Waals surface area contributed by atoms with Crippen molar-refractivity contribution < 1.29 is 0 Å². The molecule has 1 aliphatic rings. The summed E-state index contributed by atoms with van der Waals surface area (Å²) in [4.78, 5) is 0. The molecule has 1 aliphatic heterocycles. The normalized spacial score (nSPS) is 13.1. The molecule has 0 aromatic heterocycles. The lowest BCUT2D eigenvalue weighted by Gasteiger charge is -2.28. The van der Waals surface area contributed by atoms with E-state index in [0.717, 1.165) is 17.8 Å². The monoisotopic (exact) mass is 576 g/mol. The summed E-state index contributed by atoms with van der Waals surface area (Å²) < 4.78 is 0. The number of aryl methyl sites for hydroxylation is 2. The minimum atomic E-state index is 0.746. The summed E-state index contributed by atoms with van der Waals surface area (Å²) in [7, 11) is 0. The maximum Gasteiger partial charge on any atom is -0.00201 e. The van der Waals surface area contributed by atoms with Gasteiger partial charge in [-0.15, -0.1) is 12.2 Å². The first kappa shape index (κ1) is 27.2. The Morgan fingerprint density at radius 3 is 1.42 bits per heavy atom. The highest BCUT2D eigenvalue weighted by atomic mass is 14.9. The number of rotatable bonds is 4. The number of hydrogen-bond acceptors (Lipinski definition) is 0. The van der Waals surface area contributed by atoms with Crippen LogP contribution in [-0.2, 0) is 0 Å². The molecule has 7 aromatic rings. The van der Waals surface area contributed by atoms with Crippen molar-refractivity contribution in [1.82, 2.24) is 0 Å². The van der Waals surface area contributed by atoms with Crippen molar-refractivity contribution in [2.75, 3.05) is 6.54 Å². The smallest absolute Gasteiger partial charge is 0.00201 e. The van der Waals surface area contributed by atoms with Gasteiger partial charge in [0.1, 0.15) is 0 Å².